The lowest BCUT2D eigenvalue weighted by Crippen LogP contribution is -2.23. The SMILES string of the molecule is Cc1ccc(CNC(=O)c2n[nH]c3ccccc23)o1. The van der Waals surface area contributed by atoms with Crippen molar-refractivity contribution in [3.63, 3.8) is 0 Å². The van der Waals surface area contributed by atoms with Gasteiger partial charge in [-0.2, -0.15) is 5.10 Å². The molecule has 3 aromatic rings. The van der Waals surface area contributed by atoms with Crippen LogP contribution in [0.15, 0.2) is 40.8 Å². The normalized spacial score (nSPS) is 10.8. The van der Waals surface area contributed by atoms with Crippen molar-refractivity contribution >= 4 is 16.8 Å². The number of aromatic nitrogens is 2. The Morgan fingerprint density at radius 2 is 2.16 bits per heavy atom. The average molecular weight is 255 g/mol. The Balaban J connectivity index is 1.77. The van der Waals surface area contributed by atoms with Crippen LogP contribution in [0.3, 0.4) is 0 Å². The Labute approximate surface area is 109 Å². The molecule has 5 nitrogen and oxygen atoms in total. The first kappa shape index (κ1) is 11.5. The predicted octanol–water partition coefficient (Wildman–Crippen LogP) is 2.39. The van der Waals surface area contributed by atoms with Gasteiger partial charge in [0.2, 0.25) is 0 Å². The number of aromatic amines is 1. The van der Waals surface area contributed by atoms with Crippen molar-refractivity contribution in [2.75, 3.05) is 0 Å². The molecule has 0 fully saturated rings. The molecule has 96 valence electrons. The van der Waals surface area contributed by atoms with Crippen molar-refractivity contribution in [2.45, 2.75) is 13.5 Å². The maximum Gasteiger partial charge on any atom is 0.272 e. The molecular weight excluding hydrogens is 242 g/mol. The summed E-state index contributed by atoms with van der Waals surface area (Å²) in [4.78, 5) is 12.1. The minimum absolute atomic E-state index is 0.216. The van der Waals surface area contributed by atoms with E-state index >= 15 is 0 Å². The highest BCUT2D eigenvalue weighted by atomic mass is 16.3. The van der Waals surface area contributed by atoms with E-state index in [1.165, 1.54) is 0 Å². The number of rotatable bonds is 3. The molecule has 19 heavy (non-hydrogen) atoms. The van der Waals surface area contributed by atoms with Crippen LogP contribution in [0.25, 0.3) is 10.9 Å². The number of nitrogens with one attached hydrogen (secondary N) is 2. The number of hydrogen-bond acceptors (Lipinski definition) is 3. The fraction of sp³-hybridized carbons (Fsp3) is 0.143. The maximum atomic E-state index is 12.1. The van der Waals surface area contributed by atoms with Gasteiger partial charge in [-0.05, 0) is 25.1 Å². The van der Waals surface area contributed by atoms with Gasteiger partial charge in [0.1, 0.15) is 11.5 Å². The van der Waals surface area contributed by atoms with E-state index in [-0.39, 0.29) is 5.91 Å². The molecule has 5 heteroatoms. The second-order valence-electron chi connectivity index (χ2n) is 4.31. The summed E-state index contributed by atoms with van der Waals surface area (Å²) in [6.07, 6.45) is 0. The molecule has 1 aromatic carbocycles. The Hall–Kier alpha value is -2.56. The van der Waals surface area contributed by atoms with Crippen LogP contribution >= 0.6 is 0 Å². The second-order valence-corrected chi connectivity index (χ2v) is 4.31. The van der Waals surface area contributed by atoms with Gasteiger partial charge in [0.25, 0.3) is 5.91 Å². The summed E-state index contributed by atoms with van der Waals surface area (Å²) in [7, 11) is 0. The first-order valence-corrected chi connectivity index (χ1v) is 6.00. The summed E-state index contributed by atoms with van der Waals surface area (Å²) in [6.45, 7) is 2.22. The van der Waals surface area contributed by atoms with Gasteiger partial charge in [-0.25, -0.2) is 0 Å². The maximum absolute atomic E-state index is 12.1. The van der Waals surface area contributed by atoms with Crippen LogP contribution in [0.5, 0.6) is 0 Å². The van der Waals surface area contributed by atoms with E-state index in [9.17, 15) is 4.79 Å². The Morgan fingerprint density at radius 3 is 2.95 bits per heavy atom. The minimum Gasteiger partial charge on any atom is -0.465 e. The number of fused-ring (bicyclic) bond motifs is 1. The number of carbonyl (C=O) groups excluding carboxylic acids is 1. The quantitative estimate of drug-likeness (QED) is 0.755. The van der Waals surface area contributed by atoms with E-state index in [2.05, 4.69) is 15.5 Å². The van der Waals surface area contributed by atoms with E-state index in [0.717, 1.165) is 22.4 Å². The van der Waals surface area contributed by atoms with Crippen molar-refractivity contribution in [1.29, 1.82) is 0 Å². The number of carbonyl (C=O) groups is 1. The molecule has 0 radical (unpaired) electrons. The molecule has 0 unspecified atom stereocenters. The molecule has 3 rings (SSSR count). The molecule has 2 N–H and O–H groups in total. The van der Waals surface area contributed by atoms with Gasteiger partial charge in [0.05, 0.1) is 12.1 Å². The molecule has 2 heterocycles. The zero-order chi connectivity index (χ0) is 13.2. The fourth-order valence-corrected chi connectivity index (χ4v) is 1.97. The van der Waals surface area contributed by atoms with E-state index in [4.69, 9.17) is 4.42 Å². The summed E-state index contributed by atoms with van der Waals surface area (Å²) in [5.74, 6) is 1.34. The zero-order valence-corrected chi connectivity index (χ0v) is 10.4. The van der Waals surface area contributed by atoms with E-state index in [1.807, 2.05) is 43.3 Å². The summed E-state index contributed by atoms with van der Waals surface area (Å²) in [6, 6.07) is 11.2. The third-order valence-electron chi connectivity index (χ3n) is 2.90. The van der Waals surface area contributed by atoms with Gasteiger partial charge in [-0.15, -0.1) is 0 Å². The number of amides is 1. The summed E-state index contributed by atoms with van der Waals surface area (Å²) in [5, 5.41) is 10.5. The van der Waals surface area contributed by atoms with E-state index in [0.29, 0.717) is 12.2 Å². The van der Waals surface area contributed by atoms with Crippen LogP contribution in [0.4, 0.5) is 0 Å². The number of benzene rings is 1. The molecule has 0 aliphatic rings. The highest BCUT2D eigenvalue weighted by Gasteiger charge is 2.13. The molecule has 0 atom stereocenters. The molecular formula is C14H13N3O2. The monoisotopic (exact) mass is 255 g/mol. The average Bonchev–Trinajstić information content (AvgIpc) is 3.02. The van der Waals surface area contributed by atoms with Crippen molar-refractivity contribution in [3.8, 4) is 0 Å². The molecule has 0 saturated carbocycles. The fourth-order valence-electron chi connectivity index (χ4n) is 1.97. The standard InChI is InChI=1S/C14H13N3O2/c1-9-6-7-10(19-9)8-15-14(18)13-11-4-2-3-5-12(11)16-17-13/h2-7H,8H2,1H3,(H,15,18)(H,16,17). The van der Waals surface area contributed by atoms with Crippen molar-refractivity contribution in [2.24, 2.45) is 0 Å². The van der Waals surface area contributed by atoms with Gasteiger partial charge in [0, 0.05) is 5.39 Å². The van der Waals surface area contributed by atoms with Crippen molar-refractivity contribution in [1.82, 2.24) is 15.5 Å². The predicted molar refractivity (Wildman–Crippen MR) is 70.7 cm³/mol. The van der Waals surface area contributed by atoms with Crippen molar-refractivity contribution < 1.29 is 9.21 Å². The Bertz CT molecular complexity index is 727. The number of hydrogen-bond donors (Lipinski definition) is 2. The molecule has 2 aromatic heterocycles. The van der Waals surface area contributed by atoms with Crippen LogP contribution in [0, 0.1) is 6.92 Å². The van der Waals surface area contributed by atoms with Gasteiger partial charge in [-0.3, -0.25) is 9.89 Å². The molecule has 0 saturated heterocycles. The molecule has 1 amide bonds. The smallest absolute Gasteiger partial charge is 0.272 e. The Morgan fingerprint density at radius 1 is 1.32 bits per heavy atom. The highest BCUT2D eigenvalue weighted by Crippen LogP contribution is 2.15. The number of furan rings is 1. The Kier molecular flexibility index (Phi) is 2.79. The molecule has 0 bridgehead atoms. The first-order chi connectivity index (χ1) is 9.24. The summed E-state index contributed by atoms with van der Waals surface area (Å²) in [5.41, 5.74) is 1.25. The lowest BCUT2D eigenvalue weighted by atomic mass is 10.2. The topological polar surface area (TPSA) is 70.9 Å². The van der Waals surface area contributed by atoms with Crippen LogP contribution in [0.2, 0.25) is 0 Å². The van der Waals surface area contributed by atoms with Crippen LogP contribution in [-0.4, -0.2) is 16.1 Å². The van der Waals surface area contributed by atoms with Gasteiger partial charge >= 0.3 is 0 Å². The molecule has 0 spiro atoms. The van der Waals surface area contributed by atoms with E-state index < -0.39 is 0 Å². The lowest BCUT2D eigenvalue weighted by Gasteiger charge is -2.00. The van der Waals surface area contributed by atoms with Crippen molar-refractivity contribution in [3.05, 3.63) is 53.6 Å². The van der Waals surface area contributed by atoms with Gasteiger partial charge < -0.3 is 9.73 Å². The van der Waals surface area contributed by atoms with Crippen LogP contribution in [0.1, 0.15) is 22.0 Å². The molecule has 0 aliphatic heterocycles. The highest BCUT2D eigenvalue weighted by molar-refractivity contribution is 6.04. The largest absolute Gasteiger partial charge is 0.465 e. The lowest BCUT2D eigenvalue weighted by molar-refractivity contribution is 0.0944. The van der Waals surface area contributed by atoms with Gasteiger partial charge in [0.15, 0.2) is 5.69 Å². The number of aryl methyl sites for hydroxylation is 1. The van der Waals surface area contributed by atoms with Crippen LogP contribution < -0.4 is 5.32 Å². The molecule has 0 aliphatic carbocycles. The number of H-pyrrole nitrogens is 1. The second kappa shape index (κ2) is 4.61. The number of para-hydroxylation sites is 1. The third-order valence-corrected chi connectivity index (χ3v) is 2.90. The third kappa shape index (κ3) is 2.22. The summed E-state index contributed by atoms with van der Waals surface area (Å²) < 4.78 is 5.40. The first-order valence-electron chi connectivity index (χ1n) is 6.00. The summed E-state index contributed by atoms with van der Waals surface area (Å²) >= 11 is 0. The van der Waals surface area contributed by atoms with Crippen LogP contribution in [-0.2, 0) is 6.54 Å². The van der Waals surface area contributed by atoms with Gasteiger partial charge in [-0.1, -0.05) is 18.2 Å². The number of nitrogens with zero attached hydrogens (tertiary/aromatic N) is 1. The minimum atomic E-state index is -0.216. The zero-order valence-electron chi connectivity index (χ0n) is 10.4. The van der Waals surface area contributed by atoms with E-state index in [1.54, 1.807) is 0 Å².